The highest BCUT2D eigenvalue weighted by Crippen LogP contribution is 2.34. The standard InChI is InChI=1S/C31H43ClFN3O/c1-4-31(37)35-17-9-14-28(25-12-8-13-26(32)19-25)29-20-24(15-16-30(29)33)22(2)36-21-27(34-3)18-23-10-6-5-7-11-23/h8,12-13,15-16,19-20,23,27-28,34,36H,2,4-7,9-11,14,17-18,21H2,1,3H3,(H,35,37). The molecule has 0 radical (unpaired) electrons. The molecule has 3 N–H and O–H groups in total. The third kappa shape index (κ3) is 9.15. The molecule has 1 saturated carbocycles. The minimum atomic E-state index is -0.246. The van der Waals surface area contributed by atoms with E-state index in [0.29, 0.717) is 36.0 Å². The first kappa shape index (κ1) is 29.2. The van der Waals surface area contributed by atoms with E-state index in [1.807, 2.05) is 44.3 Å². The van der Waals surface area contributed by atoms with Crippen LogP contribution in [0.2, 0.25) is 5.02 Å². The lowest BCUT2D eigenvalue weighted by atomic mass is 9.84. The van der Waals surface area contributed by atoms with Crippen LogP contribution in [0, 0.1) is 11.7 Å². The van der Waals surface area contributed by atoms with Crippen LogP contribution >= 0.6 is 11.6 Å². The Morgan fingerprint density at radius 3 is 2.62 bits per heavy atom. The summed E-state index contributed by atoms with van der Waals surface area (Å²) in [6, 6.07) is 13.2. The summed E-state index contributed by atoms with van der Waals surface area (Å²) < 4.78 is 15.2. The minimum Gasteiger partial charge on any atom is -0.383 e. The maximum absolute atomic E-state index is 15.2. The number of carbonyl (C=O) groups excluding carboxylic acids is 1. The van der Waals surface area contributed by atoms with Gasteiger partial charge in [-0.3, -0.25) is 4.79 Å². The number of amides is 1. The van der Waals surface area contributed by atoms with Gasteiger partial charge >= 0.3 is 0 Å². The van der Waals surface area contributed by atoms with Gasteiger partial charge < -0.3 is 16.0 Å². The van der Waals surface area contributed by atoms with Crippen LogP contribution in [0.4, 0.5) is 4.39 Å². The molecule has 2 atom stereocenters. The van der Waals surface area contributed by atoms with Gasteiger partial charge in [0, 0.05) is 42.2 Å². The normalized spacial score (nSPS) is 15.7. The number of rotatable bonds is 14. The molecule has 37 heavy (non-hydrogen) atoms. The minimum absolute atomic E-state index is 0.0261. The van der Waals surface area contributed by atoms with Gasteiger partial charge in [-0.05, 0) is 73.2 Å². The second-order valence-corrected chi connectivity index (χ2v) is 10.7. The molecule has 1 fully saturated rings. The van der Waals surface area contributed by atoms with Gasteiger partial charge in [0.15, 0.2) is 0 Å². The SMILES string of the molecule is C=C(NCC(CC1CCCCC1)NC)c1ccc(F)c(C(CCCNC(=O)CC)c2cccc(Cl)c2)c1. The van der Waals surface area contributed by atoms with Crippen LogP contribution in [-0.4, -0.2) is 32.1 Å². The first-order chi connectivity index (χ1) is 17.9. The molecule has 0 aromatic heterocycles. The van der Waals surface area contributed by atoms with Gasteiger partial charge in [-0.2, -0.15) is 0 Å². The Balaban J connectivity index is 1.72. The summed E-state index contributed by atoms with van der Waals surface area (Å²) in [5, 5.41) is 10.5. The molecule has 0 heterocycles. The molecule has 0 bridgehead atoms. The predicted octanol–water partition coefficient (Wildman–Crippen LogP) is 7.04. The second-order valence-electron chi connectivity index (χ2n) is 10.3. The molecule has 202 valence electrons. The Bertz CT molecular complexity index is 1020. The van der Waals surface area contributed by atoms with Gasteiger partial charge in [0.25, 0.3) is 0 Å². The van der Waals surface area contributed by atoms with Gasteiger partial charge in [-0.1, -0.05) is 75.4 Å². The molecule has 2 aromatic rings. The fraction of sp³-hybridized carbons (Fsp3) is 0.516. The van der Waals surface area contributed by atoms with Crippen molar-refractivity contribution < 1.29 is 9.18 Å². The Labute approximate surface area is 227 Å². The van der Waals surface area contributed by atoms with Crippen molar-refractivity contribution in [1.82, 2.24) is 16.0 Å². The smallest absolute Gasteiger partial charge is 0.219 e. The van der Waals surface area contributed by atoms with E-state index < -0.39 is 0 Å². The molecule has 0 spiro atoms. The molecule has 3 rings (SSSR count). The molecular weight excluding hydrogens is 485 g/mol. The number of hydrogen-bond acceptors (Lipinski definition) is 3. The van der Waals surface area contributed by atoms with Crippen molar-refractivity contribution >= 4 is 23.2 Å². The molecule has 1 aliphatic carbocycles. The van der Waals surface area contributed by atoms with Crippen LogP contribution in [0.3, 0.4) is 0 Å². The van der Waals surface area contributed by atoms with Crippen LogP contribution in [0.5, 0.6) is 0 Å². The Morgan fingerprint density at radius 1 is 1.14 bits per heavy atom. The van der Waals surface area contributed by atoms with E-state index in [-0.39, 0.29) is 17.6 Å². The Hall–Kier alpha value is -2.37. The van der Waals surface area contributed by atoms with Gasteiger partial charge in [-0.15, -0.1) is 0 Å². The number of halogens is 2. The zero-order valence-corrected chi connectivity index (χ0v) is 23.2. The maximum atomic E-state index is 15.2. The highest BCUT2D eigenvalue weighted by Gasteiger charge is 2.21. The topological polar surface area (TPSA) is 53.2 Å². The van der Waals surface area contributed by atoms with E-state index in [9.17, 15) is 4.79 Å². The third-order valence-electron chi connectivity index (χ3n) is 7.60. The van der Waals surface area contributed by atoms with Gasteiger partial charge in [0.05, 0.1) is 0 Å². The van der Waals surface area contributed by atoms with E-state index in [1.165, 1.54) is 38.2 Å². The van der Waals surface area contributed by atoms with Crippen LogP contribution in [0.1, 0.15) is 87.3 Å². The van der Waals surface area contributed by atoms with Crippen LogP contribution in [-0.2, 0) is 4.79 Å². The van der Waals surface area contributed by atoms with E-state index in [2.05, 4.69) is 22.5 Å². The van der Waals surface area contributed by atoms with E-state index in [1.54, 1.807) is 6.07 Å². The third-order valence-corrected chi connectivity index (χ3v) is 7.83. The maximum Gasteiger partial charge on any atom is 0.219 e. The second kappa shape index (κ2) is 15.1. The zero-order valence-electron chi connectivity index (χ0n) is 22.4. The van der Waals surface area contributed by atoms with E-state index in [4.69, 9.17) is 11.6 Å². The first-order valence-corrected chi connectivity index (χ1v) is 14.2. The van der Waals surface area contributed by atoms with Crippen molar-refractivity contribution in [2.45, 2.75) is 76.7 Å². The molecule has 1 aliphatic rings. The zero-order chi connectivity index (χ0) is 26.6. The fourth-order valence-electron chi connectivity index (χ4n) is 5.36. The summed E-state index contributed by atoms with van der Waals surface area (Å²) in [7, 11) is 2.02. The van der Waals surface area contributed by atoms with Crippen molar-refractivity contribution in [2.24, 2.45) is 5.92 Å². The Morgan fingerprint density at radius 2 is 1.92 bits per heavy atom. The number of hydrogen-bond donors (Lipinski definition) is 3. The summed E-state index contributed by atoms with van der Waals surface area (Å²) in [5.74, 6) is 0.392. The molecular formula is C31H43ClFN3O. The summed E-state index contributed by atoms with van der Waals surface area (Å²) in [4.78, 5) is 11.6. The molecule has 1 amide bonds. The van der Waals surface area contributed by atoms with Crippen LogP contribution < -0.4 is 16.0 Å². The average Bonchev–Trinajstić information content (AvgIpc) is 2.91. The van der Waals surface area contributed by atoms with Crippen molar-refractivity contribution in [3.8, 4) is 0 Å². The molecule has 6 heteroatoms. The molecule has 0 aliphatic heterocycles. The number of benzene rings is 2. The van der Waals surface area contributed by atoms with E-state index >= 15 is 4.39 Å². The number of carbonyl (C=O) groups is 1. The van der Waals surface area contributed by atoms with E-state index in [0.717, 1.165) is 42.1 Å². The van der Waals surface area contributed by atoms with Crippen molar-refractivity contribution in [2.75, 3.05) is 20.1 Å². The fourth-order valence-corrected chi connectivity index (χ4v) is 5.56. The van der Waals surface area contributed by atoms with Gasteiger partial charge in [-0.25, -0.2) is 4.39 Å². The lowest BCUT2D eigenvalue weighted by molar-refractivity contribution is -0.120. The lowest BCUT2D eigenvalue weighted by Gasteiger charge is -2.27. The van der Waals surface area contributed by atoms with Crippen molar-refractivity contribution in [3.05, 3.63) is 76.6 Å². The average molecular weight is 528 g/mol. The predicted molar refractivity (Wildman–Crippen MR) is 153 cm³/mol. The summed E-state index contributed by atoms with van der Waals surface area (Å²) in [6.07, 6.45) is 9.75. The molecule has 0 saturated heterocycles. The summed E-state index contributed by atoms with van der Waals surface area (Å²) in [6.45, 7) is 7.45. The van der Waals surface area contributed by atoms with Crippen LogP contribution in [0.25, 0.3) is 5.70 Å². The van der Waals surface area contributed by atoms with Crippen molar-refractivity contribution in [1.29, 1.82) is 0 Å². The molecule has 2 unspecified atom stereocenters. The van der Waals surface area contributed by atoms with Gasteiger partial charge in [0.2, 0.25) is 5.91 Å². The van der Waals surface area contributed by atoms with Crippen molar-refractivity contribution in [3.63, 3.8) is 0 Å². The largest absolute Gasteiger partial charge is 0.383 e. The van der Waals surface area contributed by atoms with Gasteiger partial charge in [0.1, 0.15) is 5.82 Å². The van der Waals surface area contributed by atoms with Crippen LogP contribution in [0.15, 0.2) is 49.0 Å². The summed E-state index contributed by atoms with van der Waals surface area (Å²) >= 11 is 6.29. The molecule has 2 aromatic carbocycles. The number of nitrogens with one attached hydrogen (secondary N) is 3. The Kier molecular flexibility index (Phi) is 11.9. The highest BCUT2D eigenvalue weighted by atomic mass is 35.5. The molecule has 4 nitrogen and oxygen atoms in total. The highest BCUT2D eigenvalue weighted by molar-refractivity contribution is 6.30. The lowest BCUT2D eigenvalue weighted by Crippen LogP contribution is -2.37. The first-order valence-electron chi connectivity index (χ1n) is 13.8. The summed E-state index contributed by atoms with van der Waals surface area (Å²) in [5.41, 5.74) is 3.27. The quantitative estimate of drug-likeness (QED) is 0.231. The number of likely N-dealkylation sites (N-methyl/N-ethyl adjacent to an activating group) is 1. The monoisotopic (exact) mass is 527 g/mol.